The van der Waals surface area contributed by atoms with Gasteiger partial charge in [0.05, 0.1) is 21.7 Å². The number of hydrogen-bond acceptors (Lipinski definition) is 4. The molecular formula is C19H25N3O2S2. The number of likely N-dealkylation sites (tertiary alicyclic amines) is 1. The molecule has 1 fully saturated rings. The molecule has 1 atom stereocenters. The Labute approximate surface area is 162 Å². The minimum atomic E-state index is -0.187. The number of carbonyl (C=O) groups is 2. The highest BCUT2D eigenvalue weighted by Crippen LogP contribution is 2.19. The van der Waals surface area contributed by atoms with Crippen molar-refractivity contribution in [1.82, 2.24) is 9.47 Å². The molecule has 2 aromatic rings. The molecule has 0 N–H and O–H groups in total. The Morgan fingerprint density at radius 3 is 2.88 bits per heavy atom. The highest BCUT2D eigenvalue weighted by Gasteiger charge is 2.22. The van der Waals surface area contributed by atoms with Crippen molar-refractivity contribution in [2.45, 2.75) is 39.2 Å². The molecule has 0 saturated carbocycles. The molecule has 0 bridgehead atoms. The van der Waals surface area contributed by atoms with Crippen LogP contribution in [0, 0.1) is 6.92 Å². The monoisotopic (exact) mass is 391 g/mol. The van der Waals surface area contributed by atoms with Gasteiger partial charge >= 0.3 is 0 Å². The second-order valence-corrected chi connectivity index (χ2v) is 8.84. The van der Waals surface area contributed by atoms with Crippen LogP contribution in [0.25, 0.3) is 10.2 Å². The third kappa shape index (κ3) is 4.38. The number of nitrogens with zero attached hydrogens (tertiary/aromatic N) is 3. The van der Waals surface area contributed by atoms with E-state index in [2.05, 4.69) is 37.0 Å². The van der Waals surface area contributed by atoms with Crippen LogP contribution in [0.4, 0.5) is 0 Å². The van der Waals surface area contributed by atoms with Crippen LogP contribution < -0.4 is 4.80 Å². The molecule has 1 saturated heterocycles. The quantitative estimate of drug-likeness (QED) is 0.805. The first-order valence-corrected chi connectivity index (χ1v) is 10.9. The minimum absolute atomic E-state index is 0.137. The molecule has 1 aromatic carbocycles. The summed E-state index contributed by atoms with van der Waals surface area (Å²) >= 11 is 2.88. The molecule has 2 heterocycles. The molecule has 0 spiro atoms. The SMILES string of the molecule is Cc1ccc2c(c1)sc(=NC(=O)CSCC(=O)N1CCCC[C@H]1C)n2C. The molecule has 1 aliphatic heterocycles. The fraction of sp³-hybridized carbons (Fsp3) is 0.526. The smallest absolute Gasteiger partial charge is 0.258 e. The largest absolute Gasteiger partial charge is 0.339 e. The van der Waals surface area contributed by atoms with Crippen LogP contribution >= 0.6 is 23.1 Å². The third-order valence-electron chi connectivity index (χ3n) is 4.76. The van der Waals surface area contributed by atoms with Crippen LogP contribution in [0.1, 0.15) is 31.7 Å². The lowest BCUT2D eigenvalue weighted by atomic mass is 10.0. The predicted octanol–water partition coefficient (Wildman–Crippen LogP) is 3.11. The zero-order valence-corrected chi connectivity index (χ0v) is 17.2. The fourth-order valence-electron chi connectivity index (χ4n) is 3.26. The lowest BCUT2D eigenvalue weighted by molar-refractivity contribution is -0.131. The number of amides is 2. The van der Waals surface area contributed by atoms with Gasteiger partial charge in [0.25, 0.3) is 5.91 Å². The Balaban J connectivity index is 1.59. The Morgan fingerprint density at radius 2 is 2.12 bits per heavy atom. The van der Waals surface area contributed by atoms with Gasteiger partial charge in [0.2, 0.25) is 5.91 Å². The summed E-state index contributed by atoms with van der Waals surface area (Å²) in [7, 11) is 1.93. The van der Waals surface area contributed by atoms with E-state index in [1.807, 2.05) is 16.5 Å². The first-order valence-electron chi connectivity index (χ1n) is 8.96. The Hall–Kier alpha value is -1.60. The van der Waals surface area contributed by atoms with Crippen LogP contribution in [-0.4, -0.2) is 45.4 Å². The fourth-order valence-corrected chi connectivity index (χ4v) is 5.08. The molecule has 0 aliphatic carbocycles. The number of benzene rings is 1. The summed E-state index contributed by atoms with van der Waals surface area (Å²) in [4.78, 5) is 31.4. The number of piperidine rings is 1. The molecule has 140 valence electrons. The number of carbonyl (C=O) groups excluding carboxylic acids is 2. The van der Waals surface area contributed by atoms with E-state index in [9.17, 15) is 9.59 Å². The molecular weight excluding hydrogens is 366 g/mol. The van der Waals surface area contributed by atoms with E-state index >= 15 is 0 Å². The zero-order valence-electron chi connectivity index (χ0n) is 15.5. The van der Waals surface area contributed by atoms with E-state index in [-0.39, 0.29) is 17.6 Å². The lowest BCUT2D eigenvalue weighted by Crippen LogP contribution is -2.43. The Morgan fingerprint density at radius 1 is 1.31 bits per heavy atom. The maximum Gasteiger partial charge on any atom is 0.258 e. The number of rotatable bonds is 4. The van der Waals surface area contributed by atoms with Gasteiger partial charge in [-0.05, 0) is 50.8 Å². The molecule has 26 heavy (non-hydrogen) atoms. The second kappa shape index (κ2) is 8.39. The molecule has 1 aliphatic rings. The van der Waals surface area contributed by atoms with Crippen LogP contribution in [0.15, 0.2) is 23.2 Å². The zero-order chi connectivity index (χ0) is 18.7. The van der Waals surface area contributed by atoms with Crippen LogP contribution in [0.3, 0.4) is 0 Å². The minimum Gasteiger partial charge on any atom is -0.339 e. The summed E-state index contributed by atoms with van der Waals surface area (Å²) in [6.07, 6.45) is 3.35. The average Bonchev–Trinajstić information content (AvgIpc) is 2.90. The molecule has 2 amide bonds. The van der Waals surface area contributed by atoms with Crippen molar-refractivity contribution in [1.29, 1.82) is 0 Å². The van der Waals surface area contributed by atoms with Gasteiger partial charge in [0.1, 0.15) is 0 Å². The van der Waals surface area contributed by atoms with Gasteiger partial charge in [0.15, 0.2) is 4.80 Å². The number of aromatic nitrogens is 1. The van der Waals surface area contributed by atoms with Crippen molar-refractivity contribution in [2.24, 2.45) is 12.0 Å². The number of hydrogen-bond donors (Lipinski definition) is 0. The van der Waals surface area contributed by atoms with Crippen molar-refractivity contribution >= 4 is 45.1 Å². The van der Waals surface area contributed by atoms with Gasteiger partial charge in [-0.2, -0.15) is 4.99 Å². The van der Waals surface area contributed by atoms with Gasteiger partial charge in [-0.25, -0.2) is 0 Å². The second-order valence-electron chi connectivity index (χ2n) is 6.85. The van der Waals surface area contributed by atoms with E-state index in [1.54, 1.807) is 0 Å². The van der Waals surface area contributed by atoms with E-state index in [0.717, 1.165) is 29.6 Å². The van der Waals surface area contributed by atoms with Crippen molar-refractivity contribution in [3.8, 4) is 0 Å². The van der Waals surface area contributed by atoms with Crippen molar-refractivity contribution in [3.05, 3.63) is 28.6 Å². The first-order chi connectivity index (χ1) is 12.5. The van der Waals surface area contributed by atoms with E-state index in [1.165, 1.54) is 35.1 Å². The van der Waals surface area contributed by atoms with Gasteiger partial charge < -0.3 is 9.47 Å². The topological polar surface area (TPSA) is 54.7 Å². The number of thiazole rings is 1. The summed E-state index contributed by atoms with van der Waals surface area (Å²) in [5.74, 6) is 0.538. The number of fused-ring (bicyclic) bond motifs is 1. The molecule has 5 nitrogen and oxygen atoms in total. The molecule has 0 radical (unpaired) electrons. The van der Waals surface area contributed by atoms with Gasteiger partial charge in [-0.3, -0.25) is 9.59 Å². The van der Waals surface area contributed by atoms with Crippen LogP contribution in [-0.2, 0) is 16.6 Å². The third-order valence-corrected chi connectivity index (χ3v) is 6.76. The van der Waals surface area contributed by atoms with Crippen molar-refractivity contribution in [3.63, 3.8) is 0 Å². The summed E-state index contributed by atoms with van der Waals surface area (Å²) in [6, 6.07) is 6.54. The molecule has 3 rings (SSSR count). The predicted molar refractivity (Wildman–Crippen MR) is 108 cm³/mol. The maximum atomic E-state index is 12.3. The van der Waals surface area contributed by atoms with Crippen LogP contribution in [0.5, 0.6) is 0 Å². The first kappa shape index (κ1) is 19.2. The summed E-state index contributed by atoms with van der Waals surface area (Å²) in [5, 5.41) is 0. The number of thioether (sulfide) groups is 1. The lowest BCUT2D eigenvalue weighted by Gasteiger charge is -2.33. The highest BCUT2D eigenvalue weighted by atomic mass is 32.2. The normalized spacial score (nSPS) is 18.5. The van der Waals surface area contributed by atoms with Crippen molar-refractivity contribution < 1.29 is 9.59 Å². The maximum absolute atomic E-state index is 12.3. The van der Waals surface area contributed by atoms with Gasteiger partial charge in [-0.1, -0.05) is 17.4 Å². The Kier molecular flexibility index (Phi) is 6.19. The van der Waals surface area contributed by atoms with Gasteiger partial charge in [0, 0.05) is 19.6 Å². The Bertz CT molecular complexity index is 885. The highest BCUT2D eigenvalue weighted by molar-refractivity contribution is 8.00. The van der Waals surface area contributed by atoms with E-state index < -0.39 is 0 Å². The number of aryl methyl sites for hydroxylation is 2. The summed E-state index contributed by atoms with van der Waals surface area (Å²) in [5.41, 5.74) is 2.27. The standard InChI is InChI=1S/C19H25N3O2S2/c1-13-7-8-15-16(10-13)26-19(21(15)3)20-17(23)11-25-12-18(24)22-9-5-4-6-14(22)2/h7-8,10,14H,4-6,9,11-12H2,1-3H3/t14-/m1/s1. The van der Waals surface area contributed by atoms with Gasteiger partial charge in [-0.15, -0.1) is 11.8 Å². The van der Waals surface area contributed by atoms with Crippen molar-refractivity contribution in [2.75, 3.05) is 18.1 Å². The molecule has 1 aromatic heterocycles. The van der Waals surface area contributed by atoms with E-state index in [0.29, 0.717) is 16.6 Å². The summed E-state index contributed by atoms with van der Waals surface area (Å²) in [6.45, 7) is 5.00. The molecule has 0 unspecified atom stereocenters. The average molecular weight is 392 g/mol. The van der Waals surface area contributed by atoms with E-state index in [4.69, 9.17) is 0 Å². The summed E-state index contributed by atoms with van der Waals surface area (Å²) < 4.78 is 3.07. The van der Waals surface area contributed by atoms with Crippen LogP contribution in [0.2, 0.25) is 0 Å². The molecule has 7 heteroatoms.